The third-order valence-corrected chi connectivity index (χ3v) is 6.87. The average Bonchev–Trinajstić information content (AvgIpc) is 3.53. The Morgan fingerprint density at radius 2 is 1.79 bits per heavy atom. The van der Waals surface area contributed by atoms with Gasteiger partial charge in [0.05, 0.1) is 25.3 Å². The molecule has 4 aromatic rings. The summed E-state index contributed by atoms with van der Waals surface area (Å²) in [4.78, 5) is 33.0. The van der Waals surface area contributed by atoms with Crippen LogP contribution in [0.25, 0.3) is 22.3 Å². The van der Waals surface area contributed by atoms with Crippen LogP contribution in [0.2, 0.25) is 0 Å². The fraction of sp³-hybridized carbons (Fsp3) is 0.379. The van der Waals surface area contributed by atoms with Crippen LogP contribution in [0.15, 0.2) is 53.2 Å². The maximum atomic E-state index is 13.3. The third-order valence-electron chi connectivity index (χ3n) is 6.87. The molecule has 9 heteroatoms. The minimum Gasteiger partial charge on any atom is -0.379 e. The third kappa shape index (κ3) is 5.39. The van der Waals surface area contributed by atoms with Gasteiger partial charge in [-0.05, 0) is 48.2 Å². The molecule has 1 aliphatic heterocycles. The first-order valence-electron chi connectivity index (χ1n) is 12.9. The normalized spacial score (nSPS) is 14.6. The largest absolute Gasteiger partial charge is 0.379 e. The monoisotopic (exact) mass is 515 g/mol. The summed E-state index contributed by atoms with van der Waals surface area (Å²) in [7, 11) is 0. The Kier molecular flexibility index (Phi) is 7.14. The van der Waals surface area contributed by atoms with Crippen molar-refractivity contribution >= 4 is 28.3 Å². The van der Waals surface area contributed by atoms with E-state index >= 15 is 0 Å². The number of ether oxygens (including phenoxy) is 1. The lowest BCUT2D eigenvalue weighted by molar-refractivity contribution is -0.112. The van der Waals surface area contributed by atoms with Gasteiger partial charge in [0.2, 0.25) is 11.7 Å². The number of carbonyl (C=O) groups excluding carboxylic acids is 2. The Morgan fingerprint density at radius 3 is 2.47 bits per heavy atom. The molecular weight excluding hydrogens is 482 g/mol. The predicted octanol–water partition coefficient (Wildman–Crippen LogP) is 4.66. The molecule has 2 aromatic heterocycles. The first kappa shape index (κ1) is 25.8. The molecule has 0 radical (unpaired) electrons. The lowest BCUT2D eigenvalue weighted by Gasteiger charge is -2.24. The molecule has 0 atom stereocenters. The SMILES string of the molecule is CCn1cc(C(=O)C(=O)Nc2ccc(C(C)(C)C)cc2)c2cc(-c3noc(CN4CCOCC4)n3)ccc21. The lowest BCUT2D eigenvalue weighted by atomic mass is 9.87. The van der Waals surface area contributed by atoms with Crippen molar-refractivity contribution in [1.82, 2.24) is 19.6 Å². The molecule has 0 spiro atoms. The summed E-state index contributed by atoms with van der Waals surface area (Å²) in [6.45, 7) is 12.6. The van der Waals surface area contributed by atoms with Gasteiger partial charge in [-0.15, -0.1) is 0 Å². The summed E-state index contributed by atoms with van der Waals surface area (Å²) < 4.78 is 12.8. The van der Waals surface area contributed by atoms with E-state index in [0.717, 1.165) is 29.7 Å². The van der Waals surface area contributed by atoms with Gasteiger partial charge in [-0.3, -0.25) is 14.5 Å². The van der Waals surface area contributed by atoms with Gasteiger partial charge in [0.15, 0.2) is 0 Å². The number of benzene rings is 2. The van der Waals surface area contributed by atoms with Crippen LogP contribution in [0.5, 0.6) is 0 Å². The molecular formula is C29H33N5O4. The second kappa shape index (κ2) is 10.5. The van der Waals surface area contributed by atoms with Gasteiger partial charge in [-0.25, -0.2) is 0 Å². The number of rotatable bonds is 7. The second-order valence-electron chi connectivity index (χ2n) is 10.6. The minimum absolute atomic E-state index is 0.0000185. The van der Waals surface area contributed by atoms with E-state index in [-0.39, 0.29) is 5.41 Å². The van der Waals surface area contributed by atoms with Gasteiger partial charge in [-0.2, -0.15) is 4.98 Å². The molecule has 1 saturated heterocycles. The Morgan fingerprint density at radius 1 is 1.05 bits per heavy atom. The van der Waals surface area contributed by atoms with Crippen LogP contribution in [-0.4, -0.2) is 57.6 Å². The number of morpholine rings is 1. The van der Waals surface area contributed by atoms with Crippen LogP contribution in [-0.2, 0) is 28.0 Å². The summed E-state index contributed by atoms with van der Waals surface area (Å²) >= 11 is 0. The number of nitrogens with one attached hydrogen (secondary N) is 1. The molecule has 1 fully saturated rings. The highest BCUT2D eigenvalue weighted by Gasteiger charge is 2.23. The van der Waals surface area contributed by atoms with E-state index in [4.69, 9.17) is 9.26 Å². The number of aryl methyl sites for hydroxylation is 1. The van der Waals surface area contributed by atoms with Gasteiger partial charge in [0.1, 0.15) is 0 Å². The lowest BCUT2D eigenvalue weighted by Crippen LogP contribution is -2.35. The number of aromatic nitrogens is 3. The average molecular weight is 516 g/mol. The van der Waals surface area contributed by atoms with E-state index in [1.807, 2.05) is 54.0 Å². The number of nitrogens with zero attached hydrogens (tertiary/aromatic N) is 4. The summed E-state index contributed by atoms with van der Waals surface area (Å²) in [5.41, 5.74) is 3.64. The van der Waals surface area contributed by atoms with Gasteiger partial charge in [0, 0.05) is 48.0 Å². The number of anilines is 1. The first-order chi connectivity index (χ1) is 18.2. The van der Waals surface area contributed by atoms with E-state index < -0.39 is 11.7 Å². The molecule has 0 unspecified atom stereocenters. The number of Topliss-reactive ketones (excluding diaryl/α,β-unsaturated/α-hetero) is 1. The van der Waals surface area contributed by atoms with Crippen molar-refractivity contribution in [3.8, 4) is 11.4 Å². The molecule has 1 amide bonds. The Hall–Kier alpha value is -3.82. The molecule has 9 nitrogen and oxygen atoms in total. The van der Waals surface area contributed by atoms with Gasteiger partial charge < -0.3 is 19.1 Å². The molecule has 0 aliphatic carbocycles. The highest BCUT2D eigenvalue weighted by atomic mass is 16.5. The van der Waals surface area contributed by atoms with Gasteiger partial charge in [-0.1, -0.05) is 38.1 Å². The minimum atomic E-state index is -0.679. The van der Waals surface area contributed by atoms with Crippen molar-refractivity contribution in [3.05, 3.63) is 65.7 Å². The maximum Gasteiger partial charge on any atom is 0.296 e. The van der Waals surface area contributed by atoms with Crippen LogP contribution in [0.3, 0.4) is 0 Å². The highest BCUT2D eigenvalue weighted by Crippen LogP contribution is 2.28. The van der Waals surface area contributed by atoms with Crippen molar-refractivity contribution in [3.63, 3.8) is 0 Å². The van der Waals surface area contributed by atoms with E-state index in [1.54, 1.807) is 6.20 Å². The fourth-order valence-electron chi connectivity index (χ4n) is 4.63. The maximum absolute atomic E-state index is 13.3. The van der Waals surface area contributed by atoms with E-state index in [1.165, 1.54) is 0 Å². The van der Waals surface area contributed by atoms with Crippen LogP contribution in [0.1, 0.15) is 49.5 Å². The van der Waals surface area contributed by atoms with Crippen molar-refractivity contribution in [2.75, 3.05) is 31.6 Å². The Labute approximate surface area is 221 Å². The molecule has 0 saturated carbocycles. The number of hydrogen-bond acceptors (Lipinski definition) is 7. The molecule has 38 heavy (non-hydrogen) atoms. The number of ketones is 1. The van der Waals surface area contributed by atoms with E-state index in [2.05, 4.69) is 41.1 Å². The van der Waals surface area contributed by atoms with Crippen LogP contribution >= 0.6 is 0 Å². The summed E-state index contributed by atoms with van der Waals surface area (Å²) in [6, 6.07) is 13.3. The van der Waals surface area contributed by atoms with Crippen LogP contribution in [0, 0.1) is 0 Å². The topological polar surface area (TPSA) is 102 Å². The molecule has 5 rings (SSSR count). The van der Waals surface area contributed by atoms with E-state index in [9.17, 15) is 9.59 Å². The van der Waals surface area contributed by atoms with Crippen molar-refractivity contribution in [2.45, 2.75) is 46.2 Å². The van der Waals surface area contributed by atoms with Crippen molar-refractivity contribution in [2.24, 2.45) is 0 Å². The number of carbonyl (C=O) groups is 2. The smallest absolute Gasteiger partial charge is 0.296 e. The molecule has 198 valence electrons. The van der Waals surface area contributed by atoms with Crippen LogP contribution < -0.4 is 5.32 Å². The first-order valence-corrected chi connectivity index (χ1v) is 12.9. The van der Waals surface area contributed by atoms with E-state index in [0.29, 0.717) is 54.7 Å². The standard InChI is InChI=1S/C29H33N5O4/c1-5-34-17-23(26(35)28(36)30-21-9-7-20(8-10-21)29(2,3)4)22-16-19(6-11-24(22)34)27-31-25(38-32-27)18-33-12-14-37-15-13-33/h6-11,16-17H,5,12-15,18H2,1-4H3,(H,30,36). The Bertz CT molecular complexity index is 1460. The molecule has 3 heterocycles. The quantitative estimate of drug-likeness (QED) is 0.282. The Balaban J connectivity index is 1.38. The molecule has 2 aromatic carbocycles. The highest BCUT2D eigenvalue weighted by molar-refractivity contribution is 6.48. The molecule has 1 N–H and O–H groups in total. The zero-order chi connectivity index (χ0) is 26.9. The predicted molar refractivity (Wildman–Crippen MR) is 145 cm³/mol. The second-order valence-corrected chi connectivity index (χ2v) is 10.6. The zero-order valence-electron chi connectivity index (χ0n) is 22.3. The summed E-state index contributed by atoms with van der Waals surface area (Å²) in [6.07, 6.45) is 1.74. The van der Waals surface area contributed by atoms with Crippen LogP contribution in [0.4, 0.5) is 5.69 Å². The number of hydrogen-bond donors (Lipinski definition) is 1. The summed E-state index contributed by atoms with van der Waals surface area (Å²) in [5.74, 6) is -0.302. The van der Waals surface area contributed by atoms with Crippen molar-refractivity contribution < 1.29 is 18.8 Å². The zero-order valence-corrected chi connectivity index (χ0v) is 22.3. The van der Waals surface area contributed by atoms with Gasteiger partial charge in [0.25, 0.3) is 11.7 Å². The fourth-order valence-corrected chi connectivity index (χ4v) is 4.63. The van der Waals surface area contributed by atoms with Gasteiger partial charge >= 0.3 is 0 Å². The molecule has 1 aliphatic rings. The molecule has 0 bridgehead atoms. The number of amides is 1. The van der Waals surface area contributed by atoms with Crippen molar-refractivity contribution in [1.29, 1.82) is 0 Å². The number of fused-ring (bicyclic) bond motifs is 1. The summed E-state index contributed by atoms with van der Waals surface area (Å²) in [5, 5.41) is 7.58.